The van der Waals surface area contributed by atoms with E-state index >= 15 is 0 Å². The van der Waals surface area contributed by atoms with Gasteiger partial charge in [0.25, 0.3) is 5.91 Å². The second-order valence-corrected chi connectivity index (χ2v) is 5.58. The zero-order valence-corrected chi connectivity index (χ0v) is 12.1. The maximum atomic E-state index is 12.2. The van der Waals surface area contributed by atoms with Gasteiger partial charge < -0.3 is 4.90 Å². The van der Waals surface area contributed by atoms with E-state index in [-0.39, 0.29) is 5.91 Å². The van der Waals surface area contributed by atoms with E-state index in [0.29, 0.717) is 0 Å². The topological polar surface area (TPSA) is 20.3 Å². The molecular formula is C16H14BrNO. The lowest BCUT2D eigenvalue weighted by molar-refractivity contribution is 0.0780. The Bertz CT molecular complexity index is 624. The zero-order valence-electron chi connectivity index (χ0n) is 10.5. The molecule has 3 heteroatoms. The summed E-state index contributed by atoms with van der Waals surface area (Å²) in [7, 11) is 0. The van der Waals surface area contributed by atoms with Crippen molar-refractivity contribution >= 4 is 21.8 Å². The van der Waals surface area contributed by atoms with E-state index in [1.165, 1.54) is 5.56 Å². The molecule has 1 heterocycles. The molecule has 19 heavy (non-hydrogen) atoms. The third-order valence-electron chi connectivity index (χ3n) is 3.51. The molecule has 3 rings (SSSR count). The molecule has 96 valence electrons. The Labute approximate surface area is 121 Å². The van der Waals surface area contributed by atoms with Crippen molar-refractivity contribution in [2.45, 2.75) is 13.0 Å². The minimum absolute atomic E-state index is 0.155. The highest BCUT2D eigenvalue weighted by Gasteiger charge is 2.26. The van der Waals surface area contributed by atoms with Crippen LogP contribution in [0.3, 0.4) is 0 Å². The molecule has 0 bridgehead atoms. The van der Waals surface area contributed by atoms with Crippen LogP contribution >= 0.6 is 15.9 Å². The molecular weight excluding hydrogens is 302 g/mol. The van der Waals surface area contributed by atoms with Gasteiger partial charge in [0.15, 0.2) is 0 Å². The van der Waals surface area contributed by atoms with Crippen LogP contribution in [0.1, 0.15) is 21.5 Å². The molecule has 2 aromatic rings. The average Bonchev–Trinajstić information content (AvgIpc) is 2.75. The first-order valence-corrected chi connectivity index (χ1v) is 7.15. The van der Waals surface area contributed by atoms with Crippen molar-refractivity contribution < 1.29 is 4.79 Å². The first kappa shape index (κ1) is 12.4. The number of nitrogens with zero attached hydrogens (tertiary/aromatic N) is 1. The van der Waals surface area contributed by atoms with Gasteiger partial charge >= 0.3 is 0 Å². The zero-order chi connectivity index (χ0) is 13.2. The van der Waals surface area contributed by atoms with E-state index in [9.17, 15) is 4.79 Å². The van der Waals surface area contributed by atoms with Crippen molar-refractivity contribution in [1.29, 1.82) is 0 Å². The highest BCUT2D eigenvalue weighted by atomic mass is 79.9. The van der Waals surface area contributed by atoms with Gasteiger partial charge in [0.1, 0.15) is 0 Å². The lowest BCUT2D eigenvalue weighted by atomic mass is 10.1. The number of amides is 1. The Balaban J connectivity index is 1.71. The predicted molar refractivity (Wildman–Crippen MR) is 79.0 cm³/mol. The maximum absolute atomic E-state index is 12.2. The van der Waals surface area contributed by atoms with Crippen LogP contribution in [0.5, 0.6) is 0 Å². The molecule has 0 spiro atoms. The fourth-order valence-corrected chi connectivity index (χ4v) is 2.93. The smallest absolute Gasteiger partial charge is 0.254 e. The molecule has 0 aromatic heterocycles. The van der Waals surface area contributed by atoms with E-state index in [1.807, 2.05) is 47.4 Å². The van der Waals surface area contributed by atoms with Gasteiger partial charge in [-0.15, -0.1) is 0 Å². The Hall–Kier alpha value is -1.61. The summed E-state index contributed by atoms with van der Waals surface area (Å²) < 4.78 is 1.11. The molecule has 0 aliphatic carbocycles. The molecule has 0 atom stereocenters. The fourth-order valence-electron chi connectivity index (χ4n) is 2.45. The van der Waals surface area contributed by atoms with Crippen molar-refractivity contribution in [3.8, 4) is 0 Å². The number of hydrogen-bond acceptors (Lipinski definition) is 1. The molecule has 1 amide bonds. The molecule has 0 N–H and O–H groups in total. The van der Waals surface area contributed by atoms with Gasteiger partial charge in [-0.05, 0) is 29.7 Å². The number of fused-ring (bicyclic) bond motifs is 1. The SMILES string of the molecule is O=C1c2ccccc2CN1CCc1ccccc1Br. The third kappa shape index (κ3) is 2.43. The Morgan fingerprint density at radius 1 is 1.05 bits per heavy atom. The number of halogens is 1. The molecule has 0 saturated carbocycles. The summed E-state index contributed by atoms with van der Waals surface area (Å²) in [6.45, 7) is 1.50. The van der Waals surface area contributed by atoms with E-state index in [1.54, 1.807) is 0 Å². The van der Waals surface area contributed by atoms with Gasteiger partial charge in [-0.3, -0.25) is 4.79 Å². The molecule has 0 saturated heterocycles. The van der Waals surface area contributed by atoms with Gasteiger partial charge in [-0.25, -0.2) is 0 Å². The largest absolute Gasteiger partial charge is 0.334 e. The van der Waals surface area contributed by atoms with Crippen LogP contribution in [0.2, 0.25) is 0 Å². The van der Waals surface area contributed by atoms with Gasteiger partial charge in [0.2, 0.25) is 0 Å². The lowest BCUT2D eigenvalue weighted by Gasteiger charge is -2.15. The normalized spacial score (nSPS) is 13.7. The number of rotatable bonds is 3. The van der Waals surface area contributed by atoms with Crippen LogP contribution in [0.15, 0.2) is 53.0 Å². The second-order valence-electron chi connectivity index (χ2n) is 4.73. The van der Waals surface area contributed by atoms with Crippen molar-refractivity contribution in [2.75, 3.05) is 6.54 Å². The third-order valence-corrected chi connectivity index (χ3v) is 4.28. The van der Waals surface area contributed by atoms with Crippen molar-refractivity contribution in [1.82, 2.24) is 4.90 Å². The van der Waals surface area contributed by atoms with E-state index in [0.717, 1.165) is 35.1 Å². The summed E-state index contributed by atoms with van der Waals surface area (Å²) in [6.07, 6.45) is 0.876. The molecule has 0 radical (unpaired) electrons. The summed E-state index contributed by atoms with van der Waals surface area (Å²) >= 11 is 3.55. The Kier molecular flexibility index (Phi) is 3.38. The number of hydrogen-bond donors (Lipinski definition) is 0. The first-order valence-electron chi connectivity index (χ1n) is 6.36. The summed E-state index contributed by atoms with van der Waals surface area (Å²) in [6, 6.07) is 16.0. The van der Waals surface area contributed by atoms with Gasteiger partial charge in [-0.1, -0.05) is 52.3 Å². The molecule has 0 unspecified atom stereocenters. The van der Waals surface area contributed by atoms with Gasteiger partial charge in [-0.2, -0.15) is 0 Å². The molecule has 2 aromatic carbocycles. The number of benzene rings is 2. The van der Waals surface area contributed by atoms with E-state index in [4.69, 9.17) is 0 Å². The van der Waals surface area contributed by atoms with Crippen LogP contribution in [0.25, 0.3) is 0 Å². The summed E-state index contributed by atoms with van der Waals surface area (Å²) in [5.41, 5.74) is 3.24. The van der Waals surface area contributed by atoms with Crippen LogP contribution < -0.4 is 0 Å². The quantitative estimate of drug-likeness (QED) is 0.846. The Morgan fingerprint density at radius 2 is 1.79 bits per heavy atom. The minimum Gasteiger partial charge on any atom is -0.334 e. The van der Waals surface area contributed by atoms with Crippen LogP contribution in [-0.2, 0) is 13.0 Å². The standard InChI is InChI=1S/C16H14BrNO/c17-15-8-4-2-5-12(15)9-10-18-11-13-6-1-3-7-14(13)16(18)19/h1-8H,9-11H2. The average molecular weight is 316 g/mol. The summed E-state index contributed by atoms with van der Waals surface area (Å²) in [5.74, 6) is 0.155. The molecule has 0 fully saturated rings. The molecule has 2 nitrogen and oxygen atoms in total. The highest BCUT2D eigenvalue weighted by molar-refractivity contribution is 9.10. The second kappa shape index (κ2) is 5.17. The van der Waals surface area contributed by atoms with E-state index < -0.39 is 0 Å². The minimum atomic E-state index is 0.155. The first-order chi connectivity index (χ1) is 9.25. The predicted octanol–water partition coefficient (Wildman–Crippen LogP) is 3.65. The van der Waals surface area contributed by atoms with Crippen LogP contribution in [0.4, 0.5) is 0 Å². The van der Waals surface area contributed by atoms with Crippen molar-refractivity contribution in [3.05, 3.63) is 69.7 Å². The van der Waals surface area contributed by atoms with Crippen LogP contribution in [-0.4, -0.2) is 17.4 Å². The van der Waals surface area contributed by atoms with Crippen LogP contribution in [0, 0.1) is 0 Å². The highest BCUT2D eigenvalue weighted by Crippen LogP contribution is 2.23. The monoisotopic (exact) mass is 315 g/mol. The molecule has 1 aliphatic heterocycles. The fraction of sp³-hybridized carbons (Fsp3) is 0.188. The van der Waals surface area contributed by atoms with Gasteiger partial charge in [0.05, 0.1) is 0 Å². The van der Waals surface area contributed by atoms with E-state index in [2.05, 4.69) is 22.0 Å². The summed E-state index contributed by atoms with van der Waals surface area (Å²) in [4.78, 5) is 14.1. The number of carbonyl (C=O) groups excluding carboxylic acids is 1. The lowest BCUT2D eigenvalue weighted by Crippen LogP contribution is -2.26. The maximum Gasteiger partial charge on any atom is 0.254 e. The van der Waals surface area contributed by atoms with Gasteiger partial charge in [0, 0.05) is 23.1 Å². The van der Waals surface area contributed by atoms with Crippen molar-refractivity contribution in [3.63, 3.8) is 0 Å². The Morgan fingerprint density at radius 3 is 2.58 bits per heavy atom. The number of carbonyl (C=O) groups is 1. The summed E-state index contributed by atoms with van der Waals surface area (Å²) in [5, 5.41) is 0. The van der Waals surface area contributed by atoms with Crippen molar-refractivity contribution in [2.24, 2.45) is 0 Å². The molecule has 1 aliphatic rings.